The first-order chi connectivity index (χ1) is 12.9. The van der Waals surface area contributed by atoms with Crippen molar-refractivity contribution in [3.63, 3.8) is 0 Å². The molecule has 1 atom stereocenters. The van der Waals surface area contributed by atoms with Gasteiger partial charge in [-0.2, -0.15) is 0 Å². The third kappa shape index (κ3) is 10.8. The number of benzene rings is 1. The molecular weight excluding hydrogens is 387 g/mol. The van der Waals surface area contributed by atoms with Gasteiger partial charge in [-0.25, -0.2) is 4.79 Å². The second kappa shape index (κ2) is 13.2. The molecule has 0 aromatic heterocycles. The van der Waals surface area contributed by atoms with E-state index in [1.165, 1.54) is 0 Å². The molecule has 1 amide bonds. The molecule has 0 fully saturated rings. The fourth-order valence-electron chi connectivity index (χ4n) is 2.43. The van der Waals surface area contributed by atoms with Gasteiger partial charge in [0, 0.05) is 23.2 Å². The van der Waals surface area contributed by atoms with Crippen LogP contribution in [0.4, 0.5) is 4.79 Å². The predicted octanol–water partition coefficient (Wildman–Crippen LogP) is 4.00. The number of thioether (sulfide) groups is 1. The fraction of sp³-hybridized carbons (Fsp3) is 0.611. The third-order valence-corrected chi connectivity index (χ3v) is 7.01. The summed E-state index contributed by atoms with van der Waals surface area (Å²) in [6.07, 6.45) is -0.0366. The molecule has 0 heterocycles. The Balaban J connectivity index is 2.46. The van der Waals surface area contributed by atoms with Crippen LogP contribution in [0.2, 0.25) is 0 Å². The minimum Gasteiger partial charge on any atom is -0.465 e. The van der Waals surface area contributed by atoms with Crippen LogP contribution in [0.1, 0.15) is 20.3 Å². The SMILES string of the molecule is CCOP(=O)(CCN(C)CC[C@H](CSc1ccccc1)NC(=O)O)OCC. The number of carbonyl (C=O) groups is 1. The molecule has 9 heteroatoms. The summed E-state index contributed by atoms with van der Waals surface area (Å²) < 4.78 is 23.1. The standard InChI is InChI=1S/C18H31N2O5PS/c1-4-24-26(23,25-5-2)14-13-20(3)12-11-16(19-18(21)22)15-27-17-9-7-6-8-10-17/h6-10,16,19H,4-5,11-15H2,1-3H3,(H,21,22)/t16-/m1/s1. The summed E-state index contributed by atoms with van der Waals surface area (Å²) in [4.78, 5) is 14.2. The van der Waals surface area contributed by atoms with Crippen LogP contribution < -0.4 is 5.32 Å². The van der Waals surface area contributed by atoms with Gasteiger partial charge in [-0.15, -0.1) is 11.8 Å². The van der Waals surface area contributed by atoms with Crippen molar-refractivity contribution in [2.45, 2.75) is 31.2 Å². The topological polar surface area (TPSA) is 88.1 Å². The van der Waals surface area contributed by atoms with Crippen LogP contribution in [0.3, 0.4) is 0 Å². The first-order valence-corrected chi connectivity index (χ1v) is 11.8. The second-order valence-electron chi connectivity index (χ2n) is 6.03. The Morgan fingerprint density at radius 1 is 1.22 bits per heavy atom. The average Bonchev–Trinajstić information content (AvgIpc) is 2.63. The van der Waals surface area contributed by atoms with Crippen LogP contribution in [-0.4, -0.2) is 67.4 Å². The zero-order valence-corrected chi connectivity index (χ0v) is 18.0. The van der Waals surface area contributed by atoms with Crippen molar-refractivity contribution >= 4 is 25.5 Å². The molecule has 0 saturated heterocycles. The normalized spacial score (nSPS) is 12.9. The molecule has 2 N–H and O–H groups in total. The van der Waals surface area contributed by atoms with Gasteiger partial charge in [-0.3, -0.25) is 4.57 Å². The summed E-state index contributed by atoms with van der Waals surface area (Å²) >= 11 is 1.62. The molecule has 0 aliphatic rings. The maximum atomic E-state index is 12.5. The smallest absolute Gasteiger partial charge is 0.404 e. The molecule has 0 unspecified atom stereocenters. The Labute approximate surface area is 166 Å². The van der Waals surface area contributed by atoms with E-state index in [0.29, 0.717) is 44.6 Å². The van der Waals surface area contributed by atoms with Gasteiger partial charge >= 0.3 is 13.7 Å². The lowest BCUT2D eigenvalue weighted by Crippen LogP contribution is -2.38. The quantitative estimate of drug-likeness (QED) is 0.349. The molecule has 7 nitrogen and oxygen atoms in total. The molecule has 0 saturated carbocycles. The molecule has 0 spiro atoms. The number of nitrogens with one attached hydrogen (secondary N) is 1. The zero-order chi connectivity index (χ0) is 20.1. The average molecular weight is 418 g/mol. The monoisotopic (exact) mass is 418 g/mol. The maximum absolute atomic E-state index is 12.5. The van der Waals surface area contributed by atoms with E-state index in [-0.39, 0.29) is 6.04 Å². The van der Waals surface area contributed by atoms with Crippen molar-refractivity contribution < 1.29 is 23.5 Å². The van der Waals surface area contributed by atoms with Gasteiger partial charge in [0.15, 0.2) is 0 Å². The van der Waals surface area contributed by atoms with Crippen molar-refractivity contribution in [1.82, 2.24) is 10.2 Å². The Morgan fingerprint density at radius 2 is 1.85 bits per heavy atom. The maximum Gasteiger partial charge on any atom is 0.404 e. The number of hydrogen-bond donors (Lipinski definition) is 2. The first-order valence-electron chi connectivity index (χ1n) is 9.12. The van der Waals surface area contributed by atoms with Crippen LogP contribution in [0.15, 0.2) is 35.2 Å². The van der Waals surface area contributed by atoms with E-state index in [1.54, 1.807) is 25.6 Å². The van der Waals surface area contributed by atoms with Crippen LogP contribution >= 0.6 is 19.4 Å². The molecule has 0 radical (unpaired) electrons. The molecule has 154 valence electrons. The number of amides is 1. The summed E-state index contributed by atoms with van der Waals surface area (Å²) in [5.74, 6) is 0.653. The summed E-state index contributed by atoms with van der Waals surface area (Å²) in [6.45, 7) is 5.52. The molecular formula is C18H31N2O5PS. The highest BCUT2D eigenvalue weighted by molar-refractivity contribution is 7.99. The molecule has 0 aliphatic heterocycles. The number of carboxylic acid groups (broad SMARTS) is 1. The highest BCUT2D eigenvalue weighted by Crippen LogP contribution is 2.47. The number of nitrogens with zero attached hydrogens (tertiary/aromatic N) is 1. The predicted molar refractivity (Wildman–Crippen MR) is 110 cm³/mol. The van der Waals surface area contributed by atoms with Crippen molar-refractivity contribution in [2.24, 2.45) is 0 Å². The number of hydrogen-bond acceptors (Lipinski definition) is 6. The van der Waals surface area contributed by atoms with E-state index in [4.69, 9.17) is 14.2 Å². The highest BCUT2D eigenvalue weighted by atomic mass is 32.2. The van der Waals surface area contributed by atoms with Crippen LogP contribution in [0.5, 0.6) is 0 Å². The molecule has 1 rings (SSSR count). The van der Waals surface area contributed by atoms with Crippen LogP contribution in [-0.2, 0) is 13.6 Å². The Kier molecular flexibility index (Phi) is 11.7. The van der Waals surface area contributed by atoms with E-state index in [0.717, 1.165) is 4.90 Å². The van der Waals surface area contributed by atoms with Gasteiger partial charge < -0.3 is 24.4 Å². The Bertz CT molecular complexity index is 580. The second-order valence-corrected chi connectivity index (χ2v) is 9.31. The summed E-state index contributed by atoms with van der Waals surface area (Å²) in [6, 6.07) is 9.73. The van der Waals surface area contributed by atoms with E-state index >= 15 is 0 Å². The minimum atomic E-state index is -3.05. The molecule has 1 aromatic carbocycles. The molecule has 27 heavy (non-hydrogen) atoms. The van der Waals surface area contributed by atoms with Gasteiger partial charge in [0.25, 0.3) is 0 Å². The summed E-state index contributed by atoms with van der Waals surface area (Å²) in [5.41, 5.74) is 0. The Hall–Kier alpha value is -1.05. The van der Waals surface area contributed by atoms with Crippen molar-refractivity contribution in [1.29, 1.82) is 0 Å². The third-order valence-electron chi connectivity index (χ3n) is 3.79. The number of rotatable bonds is 14. The van der Waals surface area contributed by atoms with Crippen molar-refractivity contribution in [2.75, 3.05) is 45.3 Å². The lowest BCUT2D eigenvalue weighted by Gasteiger charge is -2.23. The van der Waals surface area contributed by atoms with E-state index in [9.17, 15) is 9.36 Å². The van der Waals surface area contributed by atoms with E-state index < -0.39 is 13.7 Å². The summed E-state index contributed by atoms with van der Waals surface area (Å²) in [5, 5.41) is 11.7. The van der Waals surface area contributed by atoms with Crippen molar-refractivity contribution in [3.8, 4) is 0 Å². The van der Waals surface area contributed by atoms with Gasteiger partial charge in [0.2, 0.25) is 0 Å². The van der Waals surface area contributed by atoms with Gasteiger partial charge in [0.1, 0.15) is 0 Å². The molecule has 0 aliphatic carbocycles. The molecule has 0 bridgehead atoms. The largest absolute Gasteiger partial charge is 0.465 e. The summed E-state index contributed by atoms with van der Waals surface area (Å²) in [7, 11) is -1.13. The van der Waals surface area contributed by atoms with E-state index in [1.807, 2.05) is 42.3 Å². The minimum absolute atomic E-state index is 0.166. The molecule has 1 aromatic rings. The fourth-order valence-corrected chi connectivity index (χ4v) is 5.13. The van der Waals surface area contributed by atoms with Gasteiger partial charge in [-0.1, -0.05) is 18.2 Å². The van der Waals surface area contributed by atoms with Crippen LogP contribution in [0, 0.1) is 0 Å². The highest BCUT2D eigenvalue weighted by Gasteiger charge is 2.24. The lowest BCUT2D eigenvalue weighted by molar-refractivity contribution is 0.189. The lowest BCUT2D eigenvalue weighted by atomic mass is 10.2. The van der Waals surface area contributed by atoms with Crippen molar-refractivity contribution in [3.05, 3.63) is 30.3 Å². The zero-order valence-electron chi connectivity index (χ0n) is 16.3. The van der Waals surface area contributed by atoms with Crippen LogP contribution in [0.25, 0.3) is 0 Å². The van der Waals surface area contributed by atoms with Gasteiger partial charge in [0.05, 0.1) is 19.4 Å². The first kappa shape index (κ1) is 24.0. The Morgan fingerprint density at radius 3 is 2.41 bits per heavy atom. The van der Waals surface area contributed by atoms with E-state index in [2.05, 4.69) is 5.32 Å². The van der Waals surface area contributed by atoms with Gasteiger partial charge in [-0.05, 0) is 46.0 Å².